The summed E-state index contributed by atoms with van der Waals surface area (Å²) in [7, 11) is -3.46. The van der Waals surface area contributed by atoms with E-state index in [1.54, 1.807) is 6.07 Å². The monoisotopic (exact) mass is 297 g/mol. The lowest BCUT2D eigenvalue weighted by atomic mass is 10.1. The van der Waals surface area contributed by atoms with Gasteiger partial charge in [-0.1, -0.05) is 19.8 Å². The molecule has 0 radical (unpaired) electrons. The normalized spacial score (nSPS) is 16.9. The summed E-state index contributed by atoms with van der Waals surface area (Å²) in [5.41, 5.74) is 0. The van der Waals surface area contributed by atoms with Crippen LogP contribution in [0.3, 0.4) is 0 Å². The lowest BCUT2D eigenvalue weighted by Crippen LogP contribution is -2.34. The van der Waals surface area contributed by atoms with E-state index in [0.29, 0.717) is 18.3 Å². The number of hydrogen-bond acceptors (Lipinski definition) is 4. The van der Waals surface area contributed by atoms with Crippen molar-refractivity contribution in [3.05, 3.63) is 18.3 Å². The number of nitrogens with zero attached hydrogens (tertiary/aromatic N) is 1. The molecule has 1 unspecified atom stereocenters. The highest BCUT2D eigenvalue weighted by Gasteiger charge is 2.27. The summed E-state index contributed by atoms with van der Waals surface area (Å²) in [5.74, 6) is 1.29. The Morgan fingerprint density at radius 2 is 2.15 bits per heavy atom. The molecular weight excluding hydrogens is 274 g/mol. The molecule has 0 amide bonds. The summed E-state index contributed by atoms with van der Waals surface area (Å²) in [6, 6.07) is 3.14. The van der Waals surface area contributed by atoms with Crippen molar-refractivity contribution in [2.45, 2.75) is 50.5 Å². The van der Waals surface area contributed by atoms with Gasteiger partial charge in [-0.25, -0.2) is 18.1 Å². The third kappa shape index (κ3) is 4.18. The van der Waals surface area contributed by atoms with Crippen molar-refractivity contribution in [1.29, 1.82) is 0 Å². The molecule has 0 bridgehead atoms. The standard InChI is InChI=1S/C14H23N3O2S/c1-3-12(9-11-5-6-11)17-20(18,19)13-7-8-16-14(10-13)15-4-2/h7-8,10-12,17H,3-6,9H2,1-2H3,(H,15,16). The van der Waals surface area contributed by atoms with Gasteiger partial charge in [0.15, 0.2) is 0 Å². The lowest BCUT2D eigenvalue weighted by molar-refractivity contribution is 0.495. The predicted molar refractivity (Wildman–Crippen MR) is 80.1 cm³/mol. The van der Waals surface area contributed by atoms with Gasteiger partial charge in [-0.3, -0.25) is 0 Å². The van der Waals surface area contributed by atoms with Crippen molar-refractivity contribution in [2.24, 2.45) is 5.92 Å². The largest absolute Gasteiger partial charge is 0.370 e. The molecule has 5 nitrogen and oxygen atoms in total. The third-order valence-corrected chi connectivity index (χ3v) is 5.05. The number of aromatic nitrogens is 1. The van der Waals surface area contributed by atoms with Crippen LogP contribution in [0.5, 0.6) is 0 Å². The Balaban J connectivity index is 2.09. The van der Waals surface area contributed by atoms with Gasteiger partial charge in [-0.2, -0.15) is 0 Å². The van der Waals surface area contributed by atoms with Gasteiger partial charge in [0.2, 0.25) is 10.0 Å². The first-order valence-electron chi connectivity index (χ1n) is 7.27. The molecule has 0 aromatic carbocycles. The van der Waals surface area contributed by atoms with Crippen molar-refractivity contribution in [3.8, 4) is 0 Å². The second kappa shape index (κ2) is 6.54. The van der Waals surface area contributed by atoms with Gasteiger partial charge in [0.05, 0.1) is 4.90 Å². The molecule has 1 atom stereocenters. The summed E-state index contributed by atoms with van der Waals surface area (Å²) in [6.07, 6.45) is 5.76. The van der Waals surface area contributed by atoms with E-state index in [-0.39, 0.29) is 10.9 Å². The van der Waals surface area contributed by atoms with Gasteiger partial charge < -0.3 is 5.32 Å². The van der Waals surface area contributed by atoms with Crippen molar-refractivity contribution < 1.29 is 8.42 Å². The second-order valence-corrected chi connectivity index (χ2v) is 7.03. The molecule has 2 N–H and O–H groups in total. The highest BCUT2D eigenvalue weighted by atomic mass is 32.2. The zero-order chi connectivity index (χ0) is 14.6. The molecule has 1 heterocycles. The van der Waals surface area contributed by atoms with Crippen LogP contribution in [0, 0.1) is 5.92 Å². The van der Waals surface area contributed by atoms with Crippen LogP contribution < -0.4 is 10.0 Å². The molecule has 112 valence electrons. The van der Waals surface area contributed by atoms with Crippen LogP contribution in [0.25, 0.3) is 0 Å². The Morgan fingerprint density at radius 3 is 2.75 bits per heavy atom. The molecule has 20 heavy (non-hydrogen) atoms. The van der Waals surface area contributed by atoms with Gasteiger partial charge in [0, 0.05) is 24.8 Å². The Bertz CT molecular complexity index is 541. The average molecular weight is 297 g/mol. The Morgan fingerprint density at radius 1 is 1.40 bits per heavy atom. The molecule has 1 fully saturated rings. The van der Waals surface area contributed by atoms with E-state index in [2.05, 4.69) is 15.0 Å². The van der Waals surface area contributed by atoms with Gasteiger partial charge in [-0.05, 0) is 31.7 Å². The number of anilines is 1. The topological polar surface area (TPSA) is 71.1 Å². The van der Waals surface area contributed by atoms with Crippen LogP contribution in [-0.4, -0.2) is 26.0 Å². The third-order valence-electron chi connectivity index (χ3n) is 3.53. The molecule has 0 aliphatic heterocycles. The summed E-state index contributed by atoms with van der Waals surface area (Å²) >= 11 is 0. The zero-order valence-electron chi connectivity index (χ0n) is 12.1. The van der Waals surface area contributed by atoms with Crippen LogP contribution in [0.15, 0.2) is 23.2 Å². The summed E-state index contributed by atoms with van der Waals surface area (Å²) in [5, 5.41) is 3.03. The van der Waals surface area contributed by atoms with Gasteiger partial charge in [-0.15, -0.1) is 0 Å². The molecule has 1 aromatic heterocycles. The number of hydrogen-bond donors (Lipinski definition) is 2. The van der Waals surface area contributed by atoms with Crippen molar-refractivity contribution in [1.82, 2.24) is 9.71 Å². The molecule has 1 aliphatic carbocycles. The molecule has 2 rings (SSSR count). The Kier molecular flexibility index (Phi) is 4.99. The molecular formula is C14H23N3O2S. The van der Waals surface area contributed by atoms with Crippen molar-refractivity contribution in [3.63, 3.8) is 0 Å². The quantitative estimate of drug-likeness (QED) is 0.773. The minimum Gasteiger partial charge on any atom is -0.370 e. The number of nitrogens with one attached hydrogen (secondary N) is 2. The van der Waals surface area contributed by atoms with Crippen LogP contribution in [-0.2, 0) is 10.0 Å². The van der Waals surface area contributed by atoms with E-state index < -0.39 is 10.0 Å². The maximum absolute atomic E-state index is 12.4. The number of rotatable bonds is 8. The van der Waals surface area contributed by atoms with E-state index in [0.717, 1.165) is 12.8 Å². The van der Waals surface area contributed by atoms with Gasteiger partial charge in [0.25, 0.3) is 0 Å². The highest BCUT2D eigenvalue weighted by Crippen LogP contribution is 2.34. The highest BCUT2D eigenvalue weighted by molar-refractivity contribution is 7.89. The minimum atomic E-state index is -3.46. The fraction of sp³-hybridized carbons (Fsp3) is 0.643. The summed E-state index contributed by atoms with van der Waals surface area (Å²) < 4.78 is 27.6. The van der Waals surface area contributed by atoms with Crippen LogP contribution >= 0.6 is 0 Å². The van der Waals surface area contributed by atoms with E-state index in [9.17, 15) is 8.42 Å². The number of pyridine rings is 1. The van der Waals surface area contributed by atoms with Crippen molar-refractivity contribution in [2.75, 3.05) is 11.9 Å². The first-order chi connectivity index (χ1) is 9.55. The molecule has 1 aromatic rings. The molecule has 1 aliphatic rings. The first kappa shape index (κ1) is 15.3. The average Bonchev–Trinajstić information content (AvgIpc) is 3.22. The fourth-order valence-electron chi connectivity index (χ4n) is 2.20. The Hall–Kier alpha value is -1.14. The van der Waals surface area contributed by atoms with Gasteiger partial charge >= 0.3 is 0 Å². The maximum atomic E-state index is 12.4. The lowest BCUT2D eigenvalue weighted by Gasteiger charge is -2.17. The van der Waals surface area contributed by atoms with Gasteiger partial charge in [0.1, 0.15) is 5.82 Å². The second-order valence-electron chi connectivity index (χ2n) is 5.31. The predicted octanol–water partition coefficient (Wildman–Crippen LogP) is 2.37. The van der Waals surface area contributed by atoms with E-state index >= 15 is 0 Å². The smallest absolute Gasteiger partial charge is 0.241 e. The fourth-order valence-corrected chi connectivity index (χ4v) is 3.54. The van der Waals surface area contributed by atoms with Crippen LogP contribution in [0.4, 0.5) is 5.82 Å². The van der Waals surface area contributed by atoms with Crippen LogP contribution in [0.2, 0.25) is 0 Å². The van der Waals surface area contributed by atoms with Crippen molar-refractivity contribution >= 4 is 15.8 Å². The number of sulfonamides is 1. The molecule has 1 saturated carbocycles. The Labute approximate surface area is 121 Å². The molecule has 6 heteroatoms. The van der Waals surface area contributed by atoms with E-state index in [4.69, 9.17) is 0 Å². The van der Waals surface area contributed by atoms with E-state index in [1.165, 1.54) is 25.1 Å². The maximum Gasteiger partial charge on any atom is 0.241 e. The SMILES string of the molecule is CCNc1cc(S(=O)(=O)NC(CC)CC2CC2)ccn1. The summed E-state index contributed by atoms with van der Waals surface area (Å²) in [6.45, 7) is 4.68. The zero-order valence-corrected chi connectivity index (χ0v) is 12.9. The first-order valence-corrected chi connectivity index (χ1v) is 8.75. The summed E-state index contributed by atoms with van der Waals surface area (Å²) in [4.78, 5) is 4.37. The minimum absolute atomic E-state index is 0.0308. The van der Waals surface area contributed by atoms with E-state index in [1.807, 2.05) is 13.8 Å². The molecule has 0 spiro atoms. The molecule has 0 saturated heterocycles. The van der Waals surface area contributed by atoms with Crippen LogP contribution in [0.1, 0.15) is 39.5 Å².